The Morgan fingerprint density at radius 3 is 2.57 bits per heavy atom. The molecule has 21 heavy (non-hydrogen) atoms. The molecule has 1 aromatic rings. The molecule has 1 amide bonds. The molecule has 1 atom stereocenters. The average Bonchev–Trinajstić information content (AvgIpc) is 2.34. The van der Waals surface area contributed by atoms with Crippen LogP contribution in [0.25, 0.3) is 0 Å². The lowest BCUT2D eigenvalue weighted by Gasteiger charge is -2.25. The number of hydrogen-bond donors (Lipinski definition) is 2. The molecule has 1 rings (SSSR count). The normalized spacial score (nSPS) is 12.5. The van der Waals surface area contributed by atoms with Crippen LogP contribution in [0.15, 0.2) is 22.7 Å². The van der Waals surface area contributed by atoms with Crippen molar-refractivity contribution in [3.8, 4) is 0 Å². The van der Waals surface area contributed by atoms with Gasteiger partial charge in [-0.05, 0) is 36.0 Å². The van der Waals surface area contributed by atoms with Crippen LogP contribution >= 0.6 is 28.3 Å². The summed E-state index contributed by atoms with van der Waals surface area (Å²) < 4.78 is 14.3. The third kappa shape index (κ3) is 6.76. The van der Waals surface area contributed by atoms with E-state index in [-0.39, 0.29) is 29.5 Å². The second-order valence-corrected chi connectivity index (χ2v) is 6.89. The van der Waals surface area contributed by atoms with Gasteiger partial charge in [-0.1, -0.05) is 42.8 Å². The second kappa shape index (κ2) is 8.71. The van der Waals surface area contributed by atoms with Crippen LogP contribution in [0.4, 0.5) is 4.39 Å². The van der Waals surface area contributed by atoms with Crippen LogP contribution in [0.3, 0.4) is 0 Å². The molecule has 0 aliphatic carbocycles. The van der Waals surface area contributed by atoms with Gasteiger partial charge in [-0.3, -0.25) is 4.79 Å². The summed E-state index contributed by atoms with van der Waals surface area (Å²) in [4.78, 5) is 11.8. The molecular weight excluding hydrogens is 359 g/mol. The highest BCUT2D eigenvalue weighted by Crippen LogP contribution is 2.18. The van der Waals surface area contributed by atoms with Crippen molar-refractivity contribution in [1.29, 1.82) is 0 Å². The zero-order chi connectivity index (χ0) is 15.3. The first-order valence-electron chi connectivity index (χ1n) is 6.69. The van der Waals surface area contributed by atoms with Crippen molar-refractivity contribution >= 4 is 34.2 Å². The van der Waals surface area contributed by atoms with Gasteiger partial charge in [-0.25, -0.2) is 4.39 Å². The smallest absolute Gasteiger partial charge is 0.237 e. The molecule has 3 N–H and O–H groups in total. The Kier molecular flexibility index (Phi) is 8.44. The predicted octanol–water partition coefficient (Wildman–Crippen LogP) is 3.43. The molecule has 0 aliphatic rings. The Balaban J connectivity index is 0.00000400. The van der Waals surface area contributed by atoms with E-state index < -0.39 is 6.04 Å². The number of rotatable bonds is 5. The number of carbonyl (C=O) groups is 1. The van der Waals surface area contributed by atoms with Crippen molar-refractivity contribution < 1.29 is 9.18 Å². The molecule has 120 valence electrons. The Hall–Kier alpha value is -0.650. The third-order valence-corrected chi connectivity index (χ3v) is 3.65. The molecule has 0 aromatic heterocycles. The van der Waals surface area contributed by atoms with Crippen LogP contribution in [0.1, 0.15) is 32.8 Å². The summed E-state index contributed by atoms with van der Waals surface area (Å²) in [6.45, 7) is 6.27. The summed E-state index contributed by atoms with van der Waals surface area (Å²) >= 11 is 3.22. The number of halogens is 3. The van der Waals surface area contributed by atoms with Crippen LogP contribution in [0.5, 0.6) is 0 Å². The van der Waals surface area contributed by atoms with E-state index in [4.69, 9.17) is 5.73 Å². The minimum atomic E-state index is -0.535. The van der Waals surface area contributed by atoms with E-state index >= 15 is 0 Å². The summed E-state index contributed by atoms with van der Waals surface area (Å²) in [5, 5.41) is 2.79. The van der Waals surface area contributed by atoms with Gasteiger partial charge in [0.25, 0.3) is 0 Å². The second-order valence-electron chi connectivity index (χ2n) is 5.97. The van der Waals surface area contributed by atoms with Gasteiger partial charge in [-0.2, -0.15) is 0 Å². The Morgan fingerprint density at radius 2 is 2.05 bits per heavy atom. The molecule has 0 bridgehead atoms. The Morgan fingerprint density at radius 1 is 1.43 bits per heavy atom. The lowest BCUT2D eigenvalue weighted by molar-refractivity contribution is -0.124. The maximum Gasteiger partial charge on any atom is 0.237 e. The molecule has 0 saturated heterocycles. The van der Waals surface area contributed by atoms with Crippen molar-refractivity contribution in [2.75, 3.05) is 6.54 Å². The standard InChI is InChI=1S/C15H22BrFN2O.ClH/c1-15(2,3)13(18)14(20)19-8-4-5-10-6-7-11(16)9-12(10)17;/h6-7,9,13H,4-5,8,18H2,1-3H3,(H,19,20);1H/t13-;/m1./s1. The highest BCUT2D eigenvalue weighted by molar-refractivity contribution is 9.10. The number of hydrogen-bond acceptors (Lipinski definition) is 2. The van der Waals surface area contributed by atoms with Crippen molar-refractivity contribution in [1.82, 2.24) is 5.32 Å². The molecule has 1 aromatic carbocycles. The van der Waals surface area contributed by atoms with Gasteiger partial charge < -0.3 is 11.1 Å². The van der Waals surface area contributed by atoms with Gasteiger partial charge in [0.15, 0.2) is 0 Å². The van der Waals surface area contributed by atoms with E-state index in [2.05, 4.69) is 21.2 Å². The monoisotopic (exact) mass is 380 g/mol. The minimum absolute atomic E-state index is 0. The van der Waals surface area contributed by atoms with Gasteiger partial charge in [0.05, 0.1) is 6.04 Å². The minimum Gasteiger partial charge on any atom is -0.355 e. The number of aryl methyl sites for hydroxylation is 1. The van der Waals surface area contributed by atoms with Crippen molar-refractivity contribution in [2.24, 2.45) is 11.1 Å². The first-order valence-corrected chi connectivity index (χ1v) is 7.48. The zero-order valence-corrected chi connectivity index (χ0v) is 15.0. The van der Waals surface area contributed by atoms with Crippen LogP contribution in [-0.4, -0.2) is 18.5 Å². The van der Waals surface area contributed by atoms with Crippen molar-refractivity contribution in [3.63, 3.8) is 0 Å². The lowest BCUT2D eigenvalue weighted by Crippen LogP contribution is -2.48. The number of carbonyl (C=O) groups excluding carboxylic acids is 1. The Bertz CT molecular complexity index is 477. The average molecular weight is 382 g/mol. The molecular formula is C15H23BrClFN2O. The molecule has 6 heteroatoms. The maximum absolute atomic E-state index is 13.6. The van der Waals surface area contributed by atoms with Gasteiger partial charge in [0.1, 0.15) is 5.82 Å². The fourth-order valence-corrected chi connectivity index (χ4v) is 2.05. The van der Waals surface area contributed by atoms with Crippen LogP contribution in [0.2, 0.25) is 0 Å². The number of amides is 1. The fraction of sp³-hybridized carbons (Fsp3) is 0.533. The number of nitrogens with two attached hydrogens (primary N) is 1. The first kappa shape index (κ1) is 20.3. The van der Waals surface area contributed by atoms with Gasteiger partial charge in [-0.15, -0.1) is 12.4 Å². The van der Waals surface area contributed by atoms with Crippen LogP contribution < -0.4 is 11.1 Å². The van der Waals surface area contributed by atoms with Gasteiger partial charge in [0, 0.05) is 11.0 Å². The summed E-state index contributed by atoms with van der Waals surface area (Å²) in [5.74, 6) is -0.383. The quantitative estimate of drug-likeness (QED) is 0.768. The topological polar surface area (TPSA) is 55.1 Å². The summed E-state index contributed by atoms with van der Waals surface area (Å²) in [6.07, 6.45) is 1.27. The van der Waals surface area contributed by atoms with E-state index in [0.29, 0.717) is 24.9 Å². The third-order valence-electron chi connectivity index (χ3n) is 3.15. The largest absolute Gasteiger partial charge is 0.355 e. The zero-order valence-electron chi connectivity index (χ0n) is 12.6. The molecule has 3 nitrogen and oxygen atoms in total. The van der Waals surface area contributed by atoms with Crippen LogP contribution in [-0.2, 0) is 11.2 Å². The molecule has 0 radical (unpaired) electrons. The summed E-state index contributed by atoms with van der Waals surface area (Å²) in [5.41, 5.74) is 6.24. The molecule has 0 fully saturated rings. The SMILES string of the molecule is CC(C)(C)[C@H](N)C(=O)NCCCc1ccc(Br)cc1F.Cl. The number of nitrogens with one attached hydrogen (secondary N) is 1. The van der Waals surface area contributed by atoms with E-state index in [0.717, 1.165) is 4.47 Å². The molecule has 0 heterocycles. The lowest BCUT2D eigenvalue weighted by atomic mass is 9.87. The van der Waals surface area contributed by atoms with Crippen molar-refractivity contribution in [2.45, 2.75) is 39.7 Å². The van der Waals surface area contributed by atoms with E-state index in [1.54, 1.807) is 6.07 Å². The van der Waals surface area contributed by atoms with E-state index in [1.165, 1.54) is 6.07 Å². The number of benzene rings is 1. The highest BCUT2D eigenvalue weighted by Gasteiger charge is 2.26. The van der Waals surface area contributed by atoms with E-state index in [1.807, 2.05) is 26.8 Å². The molecule has 0 aliphatic heterocycles. The highest BCUT2D eigenvalue weighted by atomic mass is 79.9. The molecule has 0 saturated carbocycles. The van der Waals surface area contributed by atoms with Gasteiger partial charge >= 0.3 is 0 Å². The van der Waals surface area contributed by atoms with Crippen molar-refractivity contribution in [3.05, 3.63) is 34.1 Å². The maximum atomic E-state index is 13.6. The fourth-order valence-electron chi connectivity index (χ4n) is 1.72. The predicted molar refractivity (Wildman–Crippen MR) is 90.1 cm³/mol. The Labute approximate surface area is 140 Å². The van der Waals surface area contributed by atoms with Crippen LogP contribution in [0, 0.1) is 11.2 Å². The first-order chi connectivity index (χ1) is 9.21. The summed E-state index contributed by atoms with van der Waals surface area (Å²) in [7, 11) is 0. The summed E-state index contributed by atoms with van der Waals surface area (Å²) in [6, 6.07) is 4.48. The van der Waals surface area contributed by atoms with E-state index in [9.17, 15) is 9.18 Å². The molecule has 0 spiro atoms. The van der Waals surface area contributed by atoms with Gasteiger partial charge in [0.2, 0.25) is 5.91 Å². The molecule has 0 unspecified atom stereocenters.